The second-order valence-electron chi connectivity index (χ2n) is 43.1. The van der Waals surface area contributed by atoms with E-state index in [1.165, 1.54) is 32.9 Å². The molecule has 33 nitrogen and oxygen atoms in total. The van der Waals surface area contributed by atoms with Crippen LogP contribution < -0.4 is 58.6 Å². The molecule has 20 atom stereocenters. The van der Waals surface area contributed by atoms with E-state index in [0.29, 0.717) is 84.0 Å². The number of aromatic nitrogens is 6. The zero-order valence-electron chi connectivity index (χ0n) is 82.6. The number of nitrogens with zero attached hydrogens (tertiary/aromatic N) is 9. The van der Waals surface area contributed by atoms with E-state index in [9.17, 15) is 69.5 Å². The minimum absolute atomic E-state index is 0. The molecule has 9 aliphatic heterocycles. The number of hydrogen-bond acceptors (Lipinski definition) is 27. The van der Waals surface area contributed by atoms with Crippen molar-refractivity contribution in [2.24, 2.45) is 63.6 Å². The number of benzene rings is 3. The van der Waals surface area contributed by atoms with Crippen molar-refractivity contribution >= 4 is 88.0 Å². The van der Waals surface area contributed by atoms with E-state index >= 15 is 0 Å². The molecule has 19 rings (SSSR count). The van der Waals surface area contributed by atoms with Crippen molar-refractivity contribution in [2.45, 2.75) is 348 Å². The van der Waals surface area contributed by atoms with E-state index in [4.69, 9.17) is 57.6 Å². The fourth-order valence-corrected chi connectivity index (χ4v) is 23.0. The molecule has 143 heavy (non-hydrogen) atoms. The Bertz CT molecular complexity index is 5610. The number of halogens is 6. The number of alkyl halides is 6. The molecule has 0 spiro atoms. The van der Waals surface area contributed by atoms with Crippen LogP contribution in [0.15, 0.2) is 36.4 Å². The molecule has 2 unspecified atom stereocenters. The molecular formula is C101H125F6N12O21V3-3. The summed E-state index contributed by atoms with van der Waals surface area (Å²) in [5.41, 5.74) is 0.132. The molecule has 775 valence electrons. The summed E-state index contributed by atoms with van der Waals surface area (Å²) in [6, 6.07) is 3.03. The van der Waals surface area contributed by atoms with Crippen LogP contribution in [0, 0.1) is 63.6 Å². The number of carbonyl (C=O) groups is 6. The van der Waals surface area contributed by atoms with Crippen LogP contribution in [0.2, 0.25) is 0 Å². The van der Waals surface area contributed by atoms with Gasteiger partial charge in [0.25, 0.3) is 0 Å². The first kappa shape index (κ1) is 109. The monoisotopic (exact) mass is 2110 g/mol. The molecule has 13 aliphatic rings. The van der Waals surface area contributed by atoms with Gasteiger partial charge in [0.15, 0.2) is 17.2 Å². The number of alkyl carbamates (subject to hydrolysis) is 3. The van der Waals surface area contributed by atoms with E-state index in [-0.39, 0.29) is 174 Å². The average molecular weight is 2110 g/mol. The molecule has 3 aromatic heterocycles. The molecule has 6 amide bonds. The minimum Gasteiger partial charge on any atom is -0.540 e. The van der Waals surface area contributed by atoms with E-state index in [2.05, 4.69) is 51.4 Å². The summed E-state index contributed by atoms with van der Waals surface area (Å²) in [7, 11) is 0. The van der Waals surface area contributed by atoms with Gasteiger partial charge in [-0.1, -0.05) is 159 Å². The number of ether oxygens (including phenoxy) is 12. The van der Waals surface area contributed by atoms with E-state index in [1.807, 2.05) is 103 Å². The number of carbonyl (C=O) groups excluding carboxylic acids is 9. The van der Waals surface area contributed by atoms with Crippen molar-refractivity contribution in [2.75, 3.05) is 19.6 Å². The Morgan fingerprint density at radius 3 is 1.10 bits per heavy atom. The molecule has 6 aromatic rings. The molecule has 3 radical (unpaired) electrons. The van der Waals surface area contributed by atoms with Crippen LogP contribution in [0.5, 0.6) is 52.1 Å². The van der Waals surface area contributed by atoms with Crippen LogP contribution in [0.3, 0.4) is 0 Å². The van der Waals surface area contributed by atoms with Crippen LogP contribution in [0.4, 0.5) is 40.7 Å². The maximum absolute atomic E-state index is 14.2. The van der Waals surface area contributed by atoms with E-state index in [0.717, 1.165) is 128 Å². The number of nitrogens with one attached hydrogen (secondary N) is 3. The molecule has 7 fully saturated rings. The van der Waals surface area contributed by atoms with Gasteiger partial charge in [-0.15, -0.1) is 26.3 Å². The maximum Gasteiger partial charge on any atom is 0.586 e. The van der Waals surface area contributed by atoms with Crippen molar-refractivity contribution in [3.8, 4) is 52.1 Å². The first-order valence-electron chi connectivity index (χ1n) is 49.7. The molecule has 6 bridgehead atoms. The summed E-state index contributed by atoms with van der Waals surface area (Å²) in [6.07, 6.45) is 10.9. The maximum atomic E-state index is 14.2. The number of hydrogen-bond donors (Lipinski definition) is 3. The Balaban J connectivity index is 0.000000168. The summed E-state index contributed by atoms with van der Waals surface area (Å²) in [5.74, 6) is -1.63. The molecule has 4 saturated carbocycles. The first-order valence-corrected chi connectivity index (χ1v) is 49.7. The standard InChI is InChI=1S/C34H41F2N4O7.C34H43F2N4O7.C33H41F2N4O7.3V/c1-5-18-23(16-41)40-15-26(18)44-30-22(37-21-11-12-24-28(27(21)38-30)47-34(35,36)46-24)10-8-6-7-9-19-20-13-17(20)14-25(19)45-32(43)39-29(31(40)42)33(2,3)4;1-6-20-23(18-41)40-17-25(20)44-29-22(37-21-14-15-24-27(26(21)38-29)46-34(35,36)45-24)13-9-7-8-11-19-12-10-16-33(19,5)47-31(43)39-28(30(40)42)32(2,3)4;1-5-19-22(17-40)39-16-25(19)43-29-21(36-20-14-15-24-27(26(20)37-29)46-33(34,35)45-24)12-8-6-7-10-18-11-9-13-23(18)44-31(42)38-28(30(39)41)32(2,3)4;;;/h11-12,17-20,23,25-26,29H,5-10,13-15H2,1-4H3,(H,39,43);14-15,19-20,23,25,28H,6-13,16-17H2,1-5H3,(H,39,43);14-15,18-19,22-23,25,28H,5-13,16H2,1-4H3,(H,38,42);;;/q3*-1;;;/t17?,18-,19+,20?,23+,25+,26-,29+;19-,20+,23-,25+,28-,33-;18-,19+,22-,23-,25+,28-;;;/m011.../s1. The Morgan fingerprint density at radius 1 is 0.378 bits per heavy atom. The third kappa shape index (κ3) is 23.2. The largest absolute Gasteiger partial charge is 0.586 e. The molecule has 3 N–H and O–H groups in total. The van der Waals surface area contributed by atoms with Gasteiger partial charge in [-0.2, -0.15) is 0 Å². The molecule has 3 aromatic carbocycles. The zero-order valence-corrected chi connectivity index (χ0v) is 86.8. The Kier molecular flexibility index (Phi) is 33.2. The molecular weight excluding hydrogens is 1980 g/mol. The zero-order chi connectivity index (χ0) is 99.8. The predicted molar refractivity (Wildman–Crippen MR) is 491 cm³/mol. The Hall–Kier alpha value is -9.56. The van der Waals surface area contributed by atoms with Gasteiger partial charge in [0.05, 0.1) is 36.2 Å². The second kappa shape index (κ2) is 43.5. The van der Waals surface area contributed by atoms with Crippen molar-refractivity contribution in [3.05, 3.63) is 53.5 Å². The third-order valence-electron chi connectivity index (χ3n) is 30.5. The predicted octanol–water partition coefficient (Wildman–Crippen LogP) is 16.7. The molecule has 12 heterocycles. The van der Waals surface area contributed by atoms with Crippen LogP contribution in [0.25, 0.3) is 33.1 Å². The van der Waals surface area contributed by atoms with E-state index < -0.39 is 149 Å². The van der Waals surface area contributed by atoms with E-state index in [1.54, 1.807) is 18.2 Å². The quantitative estimate of drug-likeness (QED) is 0.0792. The number of fused-ring (bicyclic) bond motifs is 23. The first-order chi connectivity index (χ1) is 66.5. The van der Waals surface area contributed by atoms with Crippen molar-refractivity contribution in [1.29, 1.82) is 0 Å². The molecule has 4 aliphatic carbocycles. The Morgan fingerprint density at radius 2 is 0.727 bits per heavy atom. The summed E-state index contributed by atoms with van der Waals surface area (Å²) >= 11 is 0. The van der Waals surface area contributed by atoms with Gasteiger partial charge in [-0.3, -0.25) is 14.4 Å². The van der Waals surface area contributed by atoms with Crippen molar-refractivity contribution in [1.82, 2.24) is 60.6 Å². The number of aryl methyl sites for hydroxylation is 3. The smallest absolute Gasteiger partial charge is 0.540 e. The van der Waals surface area contributed by atoms with Crippen LogP contribution in [0.1, 0.15) is 255 Å². The SMILES string of the molecule is CC[C@@H]1[C@@H]2CN(C(=O)[C@H](C(C)(C)C)NC(=O)O[C@@H]3CC4CC4[C@H]3CCCCCc3nc4ccc5c(c4nc3O2)OC(F)(F)O5)[C@@H]1[C-]=O.CC[C@@H]1[C@@H]2CN(C(=O)[C@H](C(C)(C)C)NC(=O)O[C@@H]3CCC[C@H]3CCCCCc3nc4ccc5c(c4nc3O2)OC(F)(F)O5)[C@@H]1[C-]=O.CC[C@@H]1[C@@H]2CN(C(=O)[C@H](C(C)(C)C)NC(=O)O[C@]3(C)CCC[C@H]3CCCCCc3nc4ccc5c(c4nc3O2)OC(F)(F)O5)[C@@H]1[C-]=O.[V].[V].[V]. The topological polar surface area (TPSA) is 388 Å². The second-order valence-corrected chi connectivity index (χ2v) is 43.1. The van der Waals surface area contributed by atoms with Gasteiger partial charge >= 0.3 is 37.2 Å². The summed E-state index contributed by atoms with van der Waals surface area (Å²) in [5, 5.41) is 8.51. The summed E-state index contributed by atoms with van der Waals surface area (Å²) in [6.45, 7) is 24.3. The molecule has 3 saturated heterocycles. The van der Waals surface area contributed by atoms with Crippen LogP contribution >= 0.6 is 0 Å². The van der Waals surface area contributed by atoms with Gasteiger partial charge in [0.2, 0.25) is 52.6 Å². The van der Waals surface area contributed by atoms with Gasteiger partial charge in [-0.25, -0.2) is 63.1 Å². The van der Waals surface area contributed by atoms with Gasteiger partial charge in [0.1, 0.15) is 87.9 Å². The normalized spacial score (nSPS) is 30.9. The van der Waals surface area contributed by atoms with Gasteiger partial charge in [0, 0.05) is 55.7 Å². The summed E-state index contributed by atoms with van der Waals surface area (Å²) < 4.78 is 150. The summed E-state index contributed by atoms with van der Waals surface area (Å²) in [4.78, 5) is 152. The van der Waals surface area contributed by atoms with Crippen molar-refractivity contribution in [3.63, 3.8) is 0 Å². The van der Waals surface area contributed by atoms with Gasteiger partial charge in [-0.05, 0) is 216 Å². The Labute approximate surface area is 862 Å². The fourth-order valence-electron chi connectivity index (χ4n) is 23.0. The minimum atomic E-state index is -3.84. The van der Waals surface area contributed by atoms with Crippen molar-refractivity contribution < 1.29 is 182 Å². The fraction of sp³-hybridized carbons (Fsp3) is 0.673. The van der Waals surface area contributed by atoms with Crippen LogP contribution in [-0.4, -0.2) is 210 Å². The van der Waals surface area contributed by atoms with Crippen LogP contribution in [-0.2, 0) is 118 Å². The molecule has 42 heteroatoms. The number of rotatable bonds is 6. The average Bonchev–Trinajstić information content (AvgIpc) is 1.67. The third-order valence-corrected chi connectivity index (χ3v) is 30.5. The number of amides is 6. The van der Waals surface area contributed by atoms with Gasteiger partial charge < -0.3 is 102 Å².